The first-order valence-corrected chi connectivity index (χ1v) is 7.88. The van der Waals surface area contributed by atoms with Gasteiger partial charge >= 0.3 is 0 Å². The third kappa shape index (κ3) is 2.40. The summed E-state index contributed by atoms with van der Waals surface area (Å²) in [4.78, 5) is 40.1. The second-order valence-corrected chi connectivity index (χ2v) is 5.89. The third-order valence-corrected chi connectivity index (χ3v) is 4.59. The van der Waals surface area contributed by atoms with Crippen LogP contribution in [0.2, 0.25) is 0 Å². The van der Waals surface area contributed by atoms with Crippen LogP contribution in [-0.4, -0.2) is 46.7 Å². The fourth-order valence-corrected chi connectivity index (χ4v) is 3.36. The van der Waals surface area contributed by atoms with Gasteiger partial charge in [-0.05, 0) is 37.8 Å². The number of benzene rings is 1. The lowest BCUT2D eigenvalue weighted by Crippen LogP contribution is -2.48. The van der Waals surface area contributed by atoms with Gasteiger partial charge in [0.15, 0.2) is 0 Å². The molecule has 2 aliphatic heterocycles. The van der Waals surface area contributed by atoms with E-state index in [1.54, 1.807) is 24.3 Å². The van der Waals surface area contributed by atoms with Crippen LogP contribution < -0.4 is 0 Å². The molecule has 3 rings (SSSR count). The van der Waals surface area contributed by atoms with Gasteiger partial charge in [0.25, 0.3) is 11.8 Å². The zero-order valence-corrected chi connectivity index (χ0v) is 12.7. The van der Waals surface area contributed by atoms with Gasteiger partial charge in [-0.2, -0.15) is 0 Å². The molecule has 0 aromatic heterocycles. The third-order valence-electron chi connectivity index (χ3n) is 4.59. The number of rotatable bonds is 3. The normalized spacial score (nSPS) is 21.2. The molecule has 1 aromatic rings. The van der Waals surface area contributed by atoms with Crippen molar-refractivity contribution in [2.24, 2.45) is 0 Å². The van der Waals surface area contributed by atoms with E-state index in [0.717, 1.165) is 37.1 Å². The summed E-state index contributed by atoms with van der Waals surface area (Å²) < 4.78 is 0. The van der Waals surface area contributed by atoms with E-state index in [1.165, 1.54) is 0 Å². The zero-order valence-electron chi connectivity index (χ0n) is 12.7. The lowest BCUT2D eigenvalue weighted by Gasteiger charge is -2.36. The molecule has 0 N–H and O–H groups in total. The molecule has 1 fully saturated rings. The van der Waals surface area contributed by atoms with Crippen LogP contribution in [0.15, 0.2) is 24.3 Å². The molecule has 116 valence electrons. The smallest absolute Gasteiger partial charge is 0.262 e. The maximum Gasteiger partial charge on any atom is 0.262 e. The molecule has 1 atom stereocenters. The Morgan fingerprint density at radius 3 is 2.36 bits per heavy atom. The second kappa shape index (κ2) is 5.91. The van der Waals surface area contributed by atoms with Crippen molar-refractivity contribution in [3.8, 4) is 0 Å². The first-order chi connectivity index (χ1) is 10.6. The highest BCUT2D eigenvalue weighted by Gasteiger charge is 2.37. The maximum atomic E-state index is 12.5. The fraction of sp³-hybridized carbons (Fsp3) is 0.471. The molecule has 3 amide bonds. The highest BCUT2D eigenvalue weighted by atomic mass is 16.2. The van der Waals surface area contributed by atoms with Crippen LogP contribution >= 0.6 is 0 Å². The van der Waals surface area contributed by atoms with Gasteiger partial charge in [-0.15, -0.1) is 0 Å². The summed E-state index contributed by atoms with van der Waals surface area (Å²) in [6.07, 6.45) is 4.04. The summed E-state index contributed by atoms with van der Waals surface area (Å²) in [7, 11) is 0. The van der Waals surface area contributed by atoms with E-state index in [0.29, 0.717) is 11.1 Å². The molecule has 0 spiro atoms. The molecular weight excluding hydrogens is 280 g/mol. The van der Waals surface area contributed by atoms with E-state index < -0.39 is 0 Å². The molecule has 0 aliphatic carbocycles. The van der Waals surface area contributed by atoms with Gasteiger partial charge in [-0.25, -0.2) is 0 Å². The molecule has 0 radical (unpaired) electrons. The van der Waals surface area contributed by atoms with Gasteiger partial charge in [0.05, 0.1) is 11.1 Å². The number of hydrogen-bond donors (Lipinski definition) is 0. The number of imide groups is 1. The van der Waals surface area contributed by atoms with Crippen molar-refractivity contribution in [1.29, 1.82) is 0 Å². The predicted molar refractivity (Wildman–Crippen MR) is 81.5 cm³/mol. The van der Waals surface area contributed by atoms with Crippen molar-refractivity contribution < 1.29 is 14.4 Å². The van der Waals surface area contributed by atoms with Crippen LogP contribution in [0.25, 0.3) is 0 Å². The number of piperidine rings is 1. The van der Waals surface area contributed by atoms with Crippen LogP contribution in [-0.2, 0) is 4.79 Å². The van der Waals surface area contributed by atoms with Crippen LogP contribution in [0.4, 0.5) is 0 Å². The van der Waals surface area contributed by atoms with Crippen molar-refractivity contribution in [3.05, 3.63) is 35.4 Å². The Balaban J connectivity index is 1.75. The number of carbonyl (C=O) groups is 3. The highest BCUT2D eigenvalue weighted by Crippen LogP contribution is 2.24. The average molecular weight is 300 g/mol. The molecule has 2 aliphatic rings. The Labute approximate surface area is 129 Å². The van der Waals surface area contributed by atoms with Gasteiger partial charge in [0, 0.05) is 12.6 Å². The summed E-state index contributed by atoms with van der Waals surface area (Å²) in [6, 6.07) is 6.96. The minimum Gasteiger partial charge on any atom is -0.338 e. The van der Waals surface area contributed by atoms with Gasteiger partial charge in [-0.3, -0.25) is 19.3 Å². The van der Waals surface area contributed by atoms with Crippen molar-refractivity contribution in [1.82, 2.24) is 9.80 Å². The molecule has 1 unspecified atom stereocenters. The Morgan fingerprint density at radius 1 is 1.14 bits per heavy atom. The van der Waals surface area contributed by atoms with E-state index in [2.05, 4.69) is 6.92 Å². The monoisotopic (exact) mass is 300 g/mol. The first-order valence-electron chi connectivity index (χ1n) is 7.88. The Bertz CT molecular complexity index is 591. The fourth-order valence-electron chi connectivity index (χ4n) is 3.36. The highest BCUT2D eigenvalue weighted by molar-refractivity contribution is 6.22. The summed E-state index contributed by atoms with van der Waals surface area (Å²) >= 11 is 0. The van der Waals surface area contributed by atoms with Crippen molar-refractivity contribution in [2.45, 2.75) is 38.6 Å². The Kier molecular flexibility index (Phi) is 3.96. The molecule has 5 nitrogen and oxygen atoms in total. The van der Waals surface area contributed by atoms with Gasteiger partial charge in [0.2, 0.25) is 5.91 Å². The van der Waals surface area contributed by atoms with E-state index in [9.17, 15) is 14.4 Å². The van der Waals surface area contributed by atoms with Crippen molar-refractivity contribution in [2.75, 3.05) is 13.1 Å². The van der Waals surface area contributed by atoms with E-state index >= 15 is 0 Å². The lowest BCUT2D eigenvalue weighted by molar-refractivity contribution is -0.135. The molecule has 5 heteroatoms. The second-order valence-electron chi connectivity index (χ2n) is 5.89. The van der Waals surface area contributed by atoms with Crippen molar-refractivity contribution >= 4 is 17.7 Å². The molecule has 22 heavy (non-hydrogen) atoms. The molecule has 0 bridgehead atoms. The summed E-state index contributed by atoms with van der Waals surface area (Å²) in [5, 5.41) is 0. The van der Waals surface area contributed by atoms with Gasteiger partial charge < -0.3 is 4.90 Å². The van der Waals surface area contributed by atoms with Gasteiger partial charge in [0.1, 0.15) is 6.54 Å². The zero-order chi connectivity index (χ0) is 15.7. The number of hydrogen-bond acceptors (Lipinski definition) is 3. The number of fused-ring (bicyclic) bond motifs is 1. The van der Waals surface area contributed by atoms with Gasteiger partial charge in [-0.1, -0.05) is 19.1 Å². The van der Waals surface area contributed by atoms with Crippen LogP contribution in [0.3, 0.4) is 0 Å². The van der Waals surface area contributed by atoms with Crippen LogP contribution in [0.5, 0.6) is 0 Å². The summed E-state index contributed by atoms with van der Waals surface area (Å²) in [5.74, 6) is -0.848. The Morgan fingerprint density at radius 2 is 1.77 bits per heavy atom. The molecule has 0 saturated carbocycles. The van der Waals surface area contributed by atoms with E-state index in [4.69, 9.17) is 0 Å². The number of likely N-dealkylation sites (tertiary alicyclic amines) is 1. The standard InChI is InChI=1S/C17H20N2O3/c1-2-12-7-5-6-10-18(12)15(20)11-19-16(21)13-8-3-4-9-14(13)17(19)22/h3-4,8-9,12H,2,5-7,10-11H2,1H3. The number of carbonyl (C=O) groups excluding carboxylic acids is 3. The molecular formula is C17H20N2O3. The molecule has 1 saturated heterocycles. The first kappa shape index (κ1) is 14.8. The number of amides is 3. The summed E-state index contributed by atoms with van der Waals surface area (Å²) in [5.41, 5.74) is 0.789. The van der Waals surface area contributed by atoms with Crippen LogP contribution in [0, 0.1) is 0 Å². The SMILES string of the molecule is CCC1CCCCN1C(=O)CN1C(=O)c2ccccc2C1=O. The number of nitrogens with zero attached hydrogens (tertiary/aromatic N) is 2. The topological polar surface area (TPSA) is 57.7 Å². The predicted octanol–water partition coefficient (Wildman–Crippen LogP) is 2.07. The largest absolute Gasteiger partial charge is 0.338 e. The minimum absolute atomic E-state index is 0.124. The summed E-state index contributed by atoms with van der Waals surface area (Å²) in [6.45, 7) is 2.64. The molecule has 2 heterocycles. The van der Waals surface area contributed by atoms with E-state index in [1.807, 2.05) is 4.90 Å². The minimum atomic E-state index is -0.362. The van der Waals surface area contributed by atoms with Crippen LogP contribution in [0.1, 0.15) is 53.3 Å². The van der Waals surface area contributed by atoms with Crippen molar-refractivity contribution in [3.63, 3.8) is 0 Å². The van der Waals surface area contributed by atoms with E-state index in [-0.39, 0.29) is 30.3 Å². The average Bonchev–Trinajstić information content (AvgIpc) is 2.80. The maximum absolute atomic E-state index is 12.5. The molecule has 1 aromatic carbocycles. The quantitative estimate of drug-likeness (QED) is 0.803. The lowest BCUT2D eigenvalue weighted by atomic mass is 10.00. The Hall–Kier alpha value is -2.17.